The Morgan fingerprint density at radius 2 is 1.92 bits per heavy atom. The van der Waals surface area contributed by atoms with Crippen molar-refractivity contribution in [2.75, 3.05) is 44.2 Å². The maximum absolute atomic E-state index is 13.8. The molecule has 3 aliphatic rings. The number of fused-ring (bicyclic) bond motifs is 1. The molecule has 4 heterocycles. The molecule has 8 heteroatoms. The number of carbonyl (C=O) groups excluding carboxylic acids is 2. The van der Waals surface area contributed by atoms with Crippen LogP contribution in [0.25, 0.3) is 0 Å². The number of aromatic nitrogens is 1. The molecule has 2 fully saturated rings. The highest BCUT2D eigenvalue weighted by Crippen LogP contribution is 2.39. The summed E-state index contributed by atoms with van der Waals surface area (Å²) in [5.41, 5.74) is 3.56. The third-order valence-electron chi connectivity index (χ3n) is 7.94. The number of halogens is 1. The monoisotopic (exact) mass is 507 g/mol. The smallest absolute Gasteiger partial charge is 0.241 e. The van der Waals surface area contributed by atoms with Gasteiger partial charge in [0.25, 0.3) is 0 Å². The molecule has 5 rings (SSSR count). The van der Waals surface area contributed by atoms with Gasteiger partial charge in [0.05, 0.1) is 17.9 Å². The van der Waals surface area contributed by atoms with Crippen LogP contribution in [0.2, 0.25) is 0 Å². The van der Waals surface area contributed by atoms with Crippen molar-refractivity contribution in [2.24, 2.45) is 5.92 Å². The number of hydrogen-bond acceptors (Lipinski definition) is 5. The van der Waals surface area contributed by atoms with Crippen LogP contribution in [0.3, 0.4) is 0 Å². The van der Waals surface area contributed by atoms with Gasteiger partial charge < -0.3 is 15.1 Å². The number of anilines is 1. The molecule has 1 aromatic heterocycles. The van der Waals surface area contributed by atoms with E-state index in [0.29, 0.717) is 38.4 Å². The maximum atomic E-state index is 13.8. The largest absolute Gasteiger partial charge is 0.341 e. The van der Waals surface area contributed by atoms with E-state index in [1.807, 2.05) is 16.0 Å². The van der Waals surface area contributed by atoms with Crippen molar-refractivity contribution in [3.63, 3.8) is 0 Å². The lowest BCUT2D eigenvalue weighted by Crippen LogP contribution is -2.61. The molecule has 1 N–H and O–H groups in total. The normalized spacial score (nSPS) is 25.5. The lowest BCUT2D eigenvalue weighted by atomic mass is 9.91. The lowest BCUT2D eigenvalue weighted by Gasteiger charge is -2.41. The van der Waals surface area contributed by atoms with Crippen molar-refractivity contribution in [3.05, 3.63) is 59.2 Å². The van der Waals surface area contributed by atoms with Crippen molar-refractivity contribution < 1.29 is 14.0 Å². The summed E-state index contributed by atoms with van der Waals surface area (Å²) in [6, 6.07) is 8.96. The second-order valence-electron chi connectivity index (χ2n) is 11.9. The number of nitrogens with one attached hydrogen (secondary N) is 1. The molecular weight excluding hydrogens is 469 g/mol. The van der Waals surface area contributed by atoms with Gasteiger partial charge >= 0.3 is 0 Å². The number of benzene rings is 1. The van der Waals surface area contributed by atoms with Crippen LogP contribution in [0.1, 0.15) is 50.9 Å². The third kappa shape index (κ3) is 5.55. The average molecular weight is 508 g/mol. The van der Waals surface area contributed by atoms with Crippen LogP contribution in [-0.4, -0.2) is 78.0 Å². The highest BCUT2D eigenvalue weighted by atomic mass is 19.1. The van der Waals surface area contributed by atoms with E-state index in [1.54, 1.807) is 12.1 Å². The average Bonchev–Trinajstić information content (AvgIpc) is 3.30. The quantitative estimate of drug-likeness (QED) is 0.651. The van der Waals surface area contributed by atoms with Crippen LogP contribution in [0.5, 0.6) is 0 Å². The molecule has 1 aromatic carbocycles. The van der Waals surface area contributed by atoms with Crippen molar-refractivity contribution in [2.45, 2.75) is 58.0 Å². The first-order chi connectivity index (χ1) is 17.6. The van der Waals surface area contributed by atoms with E-state index in [-0.39, 0.29) is 35.1 Å². The second-order valence-corrected chi connectivity index (χ2v) is 11.9. The predicted molar refractivity (Wildman–Crippen MR) is 142 cm³/mol. The maximum Gasteiger partial charge on any atom is 0.241 e. The van der Waals surface area contributed by atoms with E-state index >= 15 is 0 Å². The topological polar surface area (TPSA) is 68.8 Å². The molecule has 3 aliphatic heterocycles. The standard InChI is InChI=1S/C29H38FN5O2/c1-19-9-26(36)34(14-19)16-24-13-31-20(2)15-33(24)17-27(37)35-18-29(3,4)28-25(35)11-22(12-32-28)10-21-5-7-23(30)8-6-21/h5-8,11-12,19-20,24,31H,9-10,13-18H2,1-4H3/t19-,20-,24-/m1/s1. The zero-order valence-electron chi connectivity index (χ0n) is 22.3. The number of likely N-dealkylation sites (tertiary alicyclic amines) is 1. The van der Waals surface area contributed by atoms with Gasteiger partial charge in [-0.05, 0) is 48.6 Å². The Morgan fingerprint density at radius 3 is 2.62 bits per heavy atom. The third-order valence-corrected chi connectivity index (χ3v) is 7.94. The van der Waals surface area contributed by atoms with Crippen LogP contribution in [0, 0.1) is 11.7 Å². The molecular formula is C29H38FN5O2. The zero-order chi connectivity index (χ0) is 26.3. The summed E-state index contributed by atoms with van der Waals surface area (Å²) >= 11 is 0. The summed E-state index contributed by atoms with van der Waals surface area (Å²) in [6.07, 6.45) is 3.12. The number of amides is 2. The van der Waals surface area contributed by atoms with Crippen LogP contribution in [-0.2, 0) is 21.4 Å². The molecule has 2 amide bonds. The predicted octanol–water partition coefficient (Wildman–Crippen LogP) is 2.97. The number of rotatable bonds is 6. The number of pyridine rings is 1. The van der Waals surface area contributed by atoms with Gasteiger partial charge in [0.1, 0.15) is 5.82 Å². The van der Waals surface area contributed by atoms with Gasteiger partial charge in [-0.2, -0.15) is 0 Å². The minimum atomic E-state index is -0.251. The minimum absolute atomic E-state index is 0.0628. The molecule has 2 saturated heterocycles. The molecule has 0 saturated carbocycles. The molecule has 0 radical (unpaired) electrons. The van der Waals surface area contributed by atoms with E-state index < -0.39 is 0 Å². The molecule has 0 aliphatic carbocycles. The second kappa shape index (κ2) is 10.1. The Balaban J connectivity index is 1.33. The van der Waals surface area contributed by atoms with E-state index in [4.69, 9.17) is 4.98 Å². The van der Waals surface area contributed by atoms with Crippen LogP contribution >= 0.6 is 0 Å². The molecule has 0 bridgehead atoms. The Morgan fingerprint density at radius 1 is 1.16 bits per heavy atom. The van der Waals surface area contributed by atoms with Crippen molar-refractivity contribution in [1.29, 1.82) is 0 Å². The van der Waals surface area contributed by atoms with Gasteiger partial charge in [-0.15, -0.1) is 0 Å². The molecule has 0 unspecified atom stereocenters. The number of nitrogens with zero attached hydrogens (tertiary/aromatic N) is 4. The van der Waals surface area contributed by atoms with Gasteiger partial charge in [-0.1, -0.05) is 32.9 Å². The number of piperazine rings is 1. The summed E-state index contributed by atoms with van der Waals surface area (Å²) < 4.78 is 13.3. The highest BCUT2D eigenvalue weighted by molar-refractivity contribution is 5.97. The van der Waals surface area contributed by atoms with Crippen LogP contribution < -0.4 is 10.2 Å². The Bertz CT molecular complexity index is 1170. The first-order valence-electron chi connectivity index (χ1n) is 13.4. The number of hydrogen-bond donors (Lipinski definition) is 1. The van der Waals surface area contributed by atoms with Gasteiger partial charge in [-0.25, -0.2) is 4.39 Å². The fourth-order valence-electron chi connectivity index (χ4n) is 6.00. The summed E-state index contributed by atoms with van der Waals surface area (Å²) in [5, 5.41) is 3.53. The van der Waals surface area contributed by atoms with E-state index in [1.165, 1.54) is 12.1 Å². The van der Waals surface area contributed by atoms with E-state index in [2.05, 4.69) is 44.0 Å². The molecule has 0 spiro atoms. The molecule has 2 aromatic rings. The zero-order valence-corrected chi connectivity index (χ0v) is 22.3. The van der Waals surface area contributed by atoms with E-state index in [9.17, 15) is 14.0 Å². The summed E-state index contributed by atoms with van der Waals surface area (Å²) in [7, 11) is 0. The number of carbonyl (C=O) groups is 2. The minimum Gasteiger partial charge on any atom is -0.341 e. The Labute approximate surface area is 219 Å². The summed E-state index contributed by atoms with van der Waals surface area (Å²) in [6.45, 7) is 12.4. The fraction of sp³-hybridized carbons (Fsp3) is 0.552. The fourth-order valence-corrected chi connectivity index (χ4v) is 6.00. The van der Waals surface area contributed by atoms with Crippen molar-refractivity contribution >= 4 is 17.5 Å². The van der Waals surface area contributed by atoms with Crippen molar-refractivity contribution in [1.82, 2.24) is 20.1 Å². The first-order valence-corrected chi connectivity index (χ1v) is 13.4. The molecule has 198 valence electrons. The molecule has 7 nitrogen and oxygen atoms in total. The highest BCUT2D eigenvalue weighted by Gasteiger charge is 2.41. The van der Waals surface area contributed by atoms with Crippen molar-refractivity contribution in [3.8, 4) is 0 Å². The lowest BCUT2D eigenvalue weighted by molar-refractivity contribution is -0.128. The van der Waals surface area contributed by atoms with Crippen LogP contribution in [0.4, 0.5) is 10.1 Å². The van der Waals surface area contributed by atoms with E-state index in [0.717, 1.165) is 42.1 Å². The van der Waals surface area contributed by atoms with Gasteiger partial charge in [0.2, 0.25) is 11.8 Å². The SMILES string of the molecule is C[C@@H]1CC(=O)N(C[C@H]2CN[C@H](C)CN2CC(=O)N2CC(C)(C)c3ncc(Cc4ccc(F)cc4)cc32)C1. The summed E-state index contributed by atoms with van der Waals surface area (Å²) in [4.78, 5) is 37.1. The first kappa shape index (κ1) is 25.8. The molecule has 3 atom stereocenters. The van der Waals surface area contributed by atoms with Gasteiger partial charge in [-0.3, -0.25) is 19.5 Å². The Hall–Kier alpha value is -2.84. The molecule has 37 heavy (non-hydrogen) atoms. The Kier molecular flexibility index (Phi) is 7.07. The van der Waals surface area contributed by atoms with Gasteiger partial charge in [0.15, 0.2) is 0 Å². The summed E-state index contributed by atoms with van der Waals surface area (Å²) in [5.74, 6) is 0.414. The van der Waals surface area contributed by atoms with Crippen LogP contribution in [0.15, 0.2) is 36.5 Å². The van der Waals surface area contributed by atoms with Gasteiger partial charge in [0, 0.05) is 62.8 Å².